The zero-order valence-corrected chi connectivity index (χ0v) is 14.1. The molecule has 1 aliphatic rings. The average molecular weight is 330 g/mol. The van der Waals surface area contributed by atoms with Crippen LogP contribution < -0.4 is 4.72 Å². The van der Waals surface area contributed by atoms with Gasteiger partial charge in [-0.1, -0.05) is 38.3 Å². The van der Waals surface area contributed by atoms with Gasteiger partial charge in [-0.25, -0.2) is 13.1 Å². The van der Waals surface area contributed by atoms with Crippen molar-refractivity contribution in [3.8, 4) is 0 Å². The molecule has 2 rings (SSSR count). The number of benzene rings is 1. The van der Waals surface area contributed by atoms with Gasteiger partial charge in [0.2, 0.25) is 10.0 Å². The Morgan fingerprint density at radius 3 is 2.57 bits per heavy atom. The van der Waals surface area contributed by atoms with Crippen LogP contribution in [0, 0.1) is 5.92 Å². The van der Waals surface area contributed by atoms with Crippen molar-refractivity contribution in [3.63, 3.8) is 0 Å². The Kier molecular flexibility index (Phi) is 6.08. The van der Waals surface area contributed by atoms with Gasteiger partial charge in [0.15, 0.2) is 0 Å². The summed E-state index contributed by atoms with van der Waals surface area (Å²) >= 11 is 5.69. The molecule has 1 aromatic carbocycles. The standard InChI is InChI=1S/C16H24ClNO2S/c1-2-13-4-3-5-15(12-13)18-21(19,20)16-8-6-14(7-9-16)10-11-17/h6-9,13,15,18H,2-5,10-12H2,1H3. The number of halogens is 1. The summed E-state index contributed by atoms with van der Waals surface area (Å²) in [7, 11) is -3.41. The molecule has 0 radical (unpaired) electrons. The fourth-order valence-electron chi connectivity index (χ4n) is 3.00. The topological polar surface area (TPSA) is 46.2 Å². The third-order valence-electron chi connectivity index (χ3n) is 4.30. The summed E-state index contributed by atoms with van der Waals surface area (Å²) in [5.41, 5.74) is 1.06. The highest BCUT2D eigenvalue weighted by Crippen LogP contribution is 2.27. The Labute approximate surface area is 133 Å². The molecule has 118 valence electrons. The Hall–Kier alpha value is -0.580. The summed E-state index contributed by atoms with van der Waals surface area (Å²) in [4.78, 5) is 0.347. The van der Waals surface area contributed by atoms with Crippen molar-refractivity contribution in [2.45, 2.75) is 56.4 Å². The number of rotatable bonds is 6. The van der Waals surface area contributed by atoms with E-state index >= 15 is 0 Å². The van der Waals surface area contributed by atoms with E-state index in [-0.39, 0.29) is 6.04 Å². The molecule has 0 bridgehead atoms. The second-order valence-electron chi connectivity index (χ2n) is 5.84. The molecule has 21 heavy (non-hydrogen) atoms. The Bertz CT molecular complexity index is 542. The maximum atomic E-state index is 12.4. The molecule has 0 aliphatic heterocycles. The van der Waals surface area contributed by atoms with Crippen molar-refractivity contribution < 1.29 is 8.42 Å². The van der Waals surface area contributed by atoms with Gasteiger partial charge < -0.3 is 0 Å². The molecule has 3 nitrogen and oxygen atoms in total. The van der Waals surface area contributed by atoms with Gasteiger partial charge in [-0.2, -0.15) is 0 Å². The van der Waals surface area contributed by atoms with Crippen molar-refractivity contribution in [3.05, 3.63) is 29.8 Å². The first-order valence-electron chi connectivity index (χ1n) is 7.72. The highest BCUT2D eigenvalue weighted by Gasteiger charge is 2.25. The Balaban J connectivity index is 2.03. The second kappa shape index (κ2) is 7.61. The third-order valence-corrected chi connectivity index (χ3v) is 6.02. The van der Waals surface area contributed by atoms with Gasteiger partial charge in [0.1, 0.15) is 0 Å². The second-order valence-corrected chi connectivity index (χ2v) is 7.93. The molecule has 1 N–H and O–H groups in total. The van der Waals surface area contributed by atoms with E-state index in [2.05, 4.69) is 11.6 Å². The van der Waals surface area contributed by atoms with Gasteiger partial charge in [-0.3, -0.25) is 0 Å². The zero-order valence-electron chi connectivity index (χ0n) is 12.5. The van der Waals surface area contributed by atoms with E-state index in [1.165, 1.54) is 6.42 Å². The summed E-state index contributed by atoms with van der Waals surface area (Å²) in [6, 6.07) is 7.10. The molecule has 0 saturated heterocycles. The van der Waals surface area contributed by atoms with E-state index in [1.807, 2.05) is 12.1 Å². The van der Waals surface area contributed by atoms with Gasteiger partial charge in [0, 0.05) is 11.9 Å². The van der Waals surface area contributed by atoms with Crippen molar-refractivity contribution >= 4 is 21.6 Å². The van der Waals surface area contributed by atoms with Crippen LogP contribution in [-0.4, -0.2) is 20.3 Å². The lowest BCUT2D eigenvalue weighted by Gasteiger charge is -2.28. The number of hydrogen-bond donors (Lipinski definition) is 1. The lowest BCUT2D eigenvalue weighted by molar-refractivity contribution is 0.301. The molecule has 2 unspecified atom stereocenters. The van der Waals surface area contributed by atoms with E-state index in [0.29, 0.717) is 16.7 Å². The molecular weight excluding hydrogens is 306 g/mol. The SMILES string of the molecule is CCC1CCCC(NS(=O)(=O)c2ccc(CCCl)cc2)C1. The lowest BCUT2D eigenvalue weighted by atomic mass is 9.85. The predicted molar refractivity (Wildman–Crippen MR) is 87.2 cm³/mol. The van der Waals surface area contributed by atoms with Crippen molar-refractivity contribution in [1.29, 1.82) is 0 Å². The van der Waals surface area contributed by atoms with E-state index in [4.69, 9.17) is 11.6 Å². The number of sulfonamides is 1. The minimum atomic E-state index is -3.41. The Morgan fingerprint density at radius 2 is 1.95 bits per heavy atom. The summed E-state index contributed by atoms with van der Waals surface area (Å²) < 4.78 is 27.7. The smallest absolute Gasteiger partial charge is 0.208 e. The molecular formula is C16H24ClNO2S. The first-order chi connectivity index (χ1) is 10.0. The van der Waals surface area contributed by atoms with E-state index in [9.17, 15) is 8.42 Å². The number of aryl methyl sites for hydroxylation is 1. The van der Waals surface area contributed by atoms with Crippen LogP contribution in [0.15, 0.2) is 29.2 Å². The first kappa shape index (κ1) is 16.8. The van der Waals surface area contributed by atoms with Crippen LogP contribution in [-0.2, 0) is 16.4 Å². The van der Waals surface area contributed by atoms with Crippen LogP contribution in [0.5, 0.6) is 0 Å². The first-order valence-corrected chi connectivity index (χ1v) is 9.74. The van der Waals surface area contributed by atoms with Crippen LogP contribution >= 0.6 is 11.6 Å². The monoisotopic (exact) mass is 329 g/mol. The maximum absolute atomic E-state index is 12.4. The molecule has 0 spiro atoms. The minimum absolute atomic E-state index is 0.0798. The van der Waals surface area contributed by atoms with Gasteiger partial charge in [-0.05, 0) is 42.9 Å². The quantitative estimate of drug-likeness (QED) is 0.808. The predicted octanol–water partition coefficient (Wildman–Crippen LogP) is 3.72. The molecule has 0 heterocycles. The minimum Gasteiger partial charge on any atom is -0.208 e. The highest BCUT2D eigenvalue weighted by molar-refractivity contribution is 7.89. The van der Waals surface area contributed by atoms with Gasteiger partial charge in [0.25, 0.3) is 0 Å². The van der Waals surface area contributed by atoms with Crippen molar-refractivity contribution in [1.82, 2.24) is 4.72 Å². The molecule has 1 saturated carbocycles. The van der Waals surface area contributed by atoms with Gasteiger partial charge in [-0.15, -0.1) is 11.6 Å². The summed E-state index contributed by atoms with van der Waals surface area (Å²) in [6.07, 6.45) is 6.13. The van der Waals surface area contributed by atoms with Gasteiger partial charge in [0.05, 0.1) is 4.90 Å². The van der Waals surface area contributed by atoms with Crippen LogP contribution in [0.3, 0.4) is 0 Å². The van der Waals surface area contributed by atoms with E-state index in [0.717, 1.165) is 37.7 Å². The lowest BCUT2D eigenvalue weighted by Crippen LogP contribution is -2.38. The Morgan fingerprint density at radius 1 is 1.24 bits per heavy atom. The van der Waals surface area contributed by atoms with Crippen LogP contribution in [0.2, 0.25) is 0 Å². The van der Waals surface area contributed by atoms with Crippen LogP contribution in [0.4, 0.5) is 0 Å². The van der Waals surface area contributed by atoms with E-state index < -0.39 is 10.0 Å². The largest absolute Gasteiger partial charge is 0.240 e. The molecule has 1 fully saturated rings. The summed E-state index contributed by atoms with van der Waals surface area (Å²) in [6.45, 7) is 2.18. The van der Waals surface area contributed by atoms with Crippen LogP contribution in [0.1, 0.15) is 44.6 Å². The van der Waals surface area contributed by atoms with E-state index in [1.54, 1.807) is 12.1 Å². The molecule has 0 aromatic heterocycles. The summed E-state index contributed by atoms with van der Waals surface area (Å²) in [5, 5.41) is 0. The molecule has 5 heteroatoms. The fraction of sp³-hybridized carbons (Fsp3) is 0.625. The fourth-order valence-corrected chi connectivity index (χ4v) is 4.50. The highest BCUT2D eigenvalue weighted by atomic mass is 35.5. The molecule has 0 amide bonds. The summed E-state index contributed by atoms with van der Waals surface area (Å²) in [5.74, 6) is 1.20. The number of alkyl halides is 1. The molecule has 1 aliphatic carbocycles. The van der Waals surface area contributed by atoms with Gasteiger partial charge >= 0.3 is 0 Å². The maximum Gasteiger partial charge on any atom is 0.240 e. The number of nitrogens with one attached hydrogen (secondary N) is 1. The molecule has 1 aromatic rings. The third kappa shape index (κ3) is 4.70. The van der Waals surface area contributed by atoms with Crippen molar-refractivity contribution in [2.24, 2.45) is 5.92 Å². The normalized spacial score (nSPS) is 23.1. The van der Waals surface area contributed by atoms with Crippen LogP contribution in [0.25, 0.3) is 0 Å². The van der Waals surface area contributed by atoms with Crippen molar-refractivity contribution in [2.75, 3.05) is 5.88 Å². The molecule has 2 atom stereocenters. The number of hydrogen-bond acceptors (Lipinski definition) is 2. The zero-order chi connectivity index (χ0) is 15.3. The average Bonchev–Trinajstić information content (AvgIpc) is 2.48.